The van der Waals surface area contributed by atoms with Crippen molar-refractivity contribution in [3.63, 3.8) is 0 Å². The van der Waals surface area contributed by atoms with Gasteiger partial charge in [-0.1, -0.05) is 0 Å². The summed E-state index contributed by atoms with van der Waals surface area (Å²) in [6.45, 7) is 4.11. The number of hydrogen-bond acceptors (Lipinski definition) is 4. The molecule has 0 radical (unpaired) electrons. The number of carbonyl (C=O) groups is 1. The standard InChI is InChI=1S/C12H16N2O3/c1-8-7-14(5-4-13-8)12(17)9-2-3-10(15)11(16)6-9/h2-3,6,8,13,15-16H,4-5,7H2,1H3. The second-order valence-corrected chi connectivity index (χ2v) is 4.31. The topological polar surface area (TPSA) is 72.8 Å². The molecule has 3 N–H and O–H groups in total. The first-order valence-corrected chi connectivity index (χ1v) is 5.62. The van der Waals surface area contributed by atoms with Crippen LogP contribution in [0.25, 0.3) is 0 Å². The average Bonchev–Trinajstić information content (AvgIpc) is 2.32. The lowest BCUT2D eigenvalue weighted by Crippen LogP contribution is -2.51. The van der Waals surface area contributed by atoms with E-state index in [9.17, 15) is 15.0 Å². The molecule has 0 spiro atoms. The van der Waals surface area contributed by atoms with Crippen LogP contribution < -0.4 is 5.32 Å². The van der Waals surface area contributed by atoms with E-state index in [1.54, 1.807) is 4.90 Å². The third-order valence-electron chi connectivity index (χ3n) is 2.88. The molecular weight excluding hydrogens is 220 g/mol. The molecule has 0 bridgehead atoms. The zero-order valence-electron chi connectivity index (χ0n) is 9.68. The molecule has 17 heavy (non-hydrogen) atoms. The minimum atomic E-state index is -0.265. The van der Waals surface area contributed by atoms with Crippen LogP contribution in [0.15, 0.2) is 18.2 Å². The third kappa shape index (κ3) is 2.50. The number of nitrogens with one attached hydrogen (secondary N) is 1. The van der Waals surface area contributed by atoms with Gasteiger partial charge in [0.15, 0.2) is 11.5 Å². The molecule has 1 aliphatic rings. The van der Waals surface area contributed by atoms with Gasteiger partial charge in [-0.05, 0) is 25.1 Å². The van der Waals surface area contributed by atoms with E-state index < -0.39 is 0 Å². The predicted molar refractivity (Wildman–Crippen MR) is 63.1 cm³/mol. The number of benzene rings is 1. The van der Waals surface area contributed by atoms with Crippen LogP contribution in [0.1, 0.15) is 17.3 Å². The number of nitrogens with zero attached hydrogens (tertiary/aromatic N) is 1. The molecule has 1 aromatic rings. The van der Waals surface area contributed by atoms with Gasteiger partial charge in [0, 0.05) is 31.2 Å². The first-order chi connectivity index (χ1) is 8.08. The second kappa shape index (κ2) is 4.63. The van der Waals surface area contributed by atoms with E-state index >= 15 is 0 Å². The summed E-state index contributed by atoms with van der Waals surface area (Å²) in [6, 6.07) is 4.42. The lowest BCUT2D eigenvalue weighted by atomic mass is 10.1. The van der Waals surface area contributed by atoms with E-state index in [2.05, 4.69) is 5.32 Å². The van der Waals surface area contributed by atoms with Crippen LogP contribution in [-0.4, -0.2) is 46.7 Å². The minimum absolute atomic E-state index is 0.117. The fourth-order valence-corrected chi connectivity index (χ4v) is 1.96. The van der Waals surface area contributed by atoms with E-state index in [0.717, 1.165) is 6.54 Å². The Labute approximate surface area is 99.7 Å². The number of phenolic OH excluding ortho intramolecular Hbond substituents is 2. The summed E-state index contributed by atoms with van der Waals surface area (Å²) in [4.78, 5) is 13.9. The van der Waals surface area contributed by atoms with Crippen LogP contribution in [0.4, 0.5) is 0 Å². The van der Waals surface area contributed by atoms with E-state index in [1.807, 2.05) is 6.92 Å². The van der Waals surface area contributed by atoms with Gasteiger partial charge in [-0.25, -0.2) is 0 Å². The van der Waals surface area contributed by atoms with Gasteiger partial charge in [0.05, 0.1) is 0 Å². The molecule has 92 valence electrons. The van der Waals surface area contributed by atoms with Crippen molar-refractivity contribution < 1.29 is 15.0 Å². The van der Waals surface area contributed by atoms with E-state index in [0.29, 0.717) is 18.7 Å². The first kappa shape index (κ1) is 11.7. The molecule has 5 nitrogen and oxygen atoms in total. The lowest BCUT2D eigenvalue weighted by Gasteiger charge is -2.32. The van der Waals surface area contributed by atoms with Gasteiger partial charge < -0.3 is 20.4 Å². The Balaban J connectivity index is 2.15. The normalized spacial score (nSPS) is 20.3. The van der Waals surface area contributed by atoms with Crippen molar-refractivity contribution in [2.24, 2.45) is 0 Å². The molecule has 2 rings (SSSR count). The van der Waals surface area contributed by atoms with Crippen molar-refractivity contribution in [3.8, 4) is 11.5 Å². The Morgan fingerprint density at radius 2 is 2.18 bits per heavy atom. The maximum atomic E-state index is 12.1. The van der Waals surface area contributed by atoms with Gasteiger partial charge in [-0.2, -0.15) is 0 Å². The number of hydrogen-bond donors (Lipinski definition) is 3. The molecule has 1 fully saturated rings. The van der Waals surface area contributed by atoms with E-state index in [4.69, 9.17) is 0 Å². The zero-order valence-corrected chi connectivity index (χ0v) is 9.68. The van der Waals surface area contributed by atoms with Crippen molar-refractivity contribution in [2.75, 3.05) is 19.6 Å². The summed E-state index contributed by atoms with van der Waals surface area (Å²) in [6.07, 6.45) is 0. The Bertz CT molecular complexity index is 434. The quantitative estimate of drug-likeness (QED) is 0.622. The van der Waals surface area contributed by atoms with Crippen molar-refractivity contribution in [1.82, 2.24) is 10.2 Å². The van der Waals surface area contributed by atoms with Gasteiger partial charge in [0.25, 0.3) is 5.91 Å². The van der Waals surface area contributed by atoms with Crippen LogP contribution in [0.3, 0.4) is 0 Å². The summed E-state index contributed by atoms with van der Waals surface area (Å²) in [5.74, 6) is -0.595. The Morgan fingerprint density at radius 3 is 2.82 bits per heavy atom. The maximum Gasteiger partial charge on any atom is 0.254 e. The fourth-order valence-electron chi connectivity index (χ4n) is 1.96. The summed E-state index contributed by atoms with van der Waals surface area (Å²) in [7, 11) is 0. The molecule has 1 heterocycles. The van der Waals surface area contributed by atoms with Gasteiger partial charge in [-0.15, -0.1) is 0 Å². The smallest absolute Gasteiger partial charge is 0.254 e. The molecule has 1 unspecified atom stereocenters. The number of carbonyl (C=O) groups excluding carboxylic acids is 1. The molecule has 1 aliphatic heterocycles. The number of piperazine rings is 1. The Morgan fingerprint density at radius 1 is 1.41 bits per heavy atom. The average molecular weight is 236 g/mol. The van der Waals surface area contributed by atoms with E-state index in [-0.39, 0.29) is 23.4 Å². The molecule has 0 aliphatic carbocycles. The van der Waals surface area contributed by atoms with Crippen molar-refractivity contribution in [3.05, 3.63) is 23.8 Å². The highest BCUT2D eigenvalue weighted by molar-refractivity contribution is 5.95. The van der Waals surface area contributed by atoms with Crippen LogP contribution in [0.2, 0.25) is 0 Å². The molecule has 1 aromatic carbocycles. The molecule has 0 saturated carbocycles. The molecule has 1 saturated heterocycles. The van der Waals surface area contributed by atoms with Crippen LogP contribution in [0.5, 0.6) is 11.5 Å². The predicted octanol–water partition coefficient (Wildman–Crippen LogP) is 0.532. The van der Waals surface area contributed by atoms with Crippen molar-refractivity contribution in [1.29, 1.82) is 0 Å². The van der Waals surface area contributed by atoms with Gasteiger partial charge in [0.1, 0.15) is 0 Å². The maximum absolute atomic E-state index is 12.1. The number of amides is 1. The highest BCUT2D eigenvalue weighted by atomic mass is 16.3. The Kier molecular flexibility index (Phi) is 3.19. The summed E-state index contributed by atoms with van der Waals surface area (Å²) >= 11 is 0. The molecular formula is C12H16N2O3. The second-order valence-electron chi connectivity index (χ2n) is 4.31. The highest BCUT2D eigenvalue weighted by Crippen LogP contribution is 2.25. The first-order valence-electron chi connectivity index (χ1n) is 5.62. The van der Waals surface area contributed by atoms with Gasteiger partial charge >= 0.3 is 0 Å². The fraction of sp³-hybridized carbons (Fsp3) is 0.417. The number of phenols is 2. The summed E-state index contributed by atoms with van der Waals surface area (Å²) < 4.78 is 0. The third-order valence-corrected chi connectivity index (χ3v) is 2.88. The van der Waals surface area contributed by atoms with Crippen LogP contribution in [-0.2, 0) is 0 Å². The zero-order chi connectivity index (χ0) is 12.4. The summed E-state index contributed by atoms with van der Waals surface area (Å²) in [5, 5.41) is 21.8. The largest absolute Gasteiger partial charge is 0.504 e. The number of aromatic hydroxyl groups is 2. The SMILES string of the molecule is CC1CN(C(=O)c2ccc(O)c(O)c2)CCN1. The monoisotopic (exact) mass is 236 g/mol. The van der Waals surface area contributed by atoms with Gasteiger partial charge in [0.2, 0.25) is 0 Å². The van der Waals surface area contributed by atoms with Crippen molar-refractivity contribution >= 4 is 5.91 Å². The number of rotatable bonds is 1. The van der Waals surface area contributed by atoms with Crippen LogP contribution in [0, 0.1) is 0 Å². The minimum Gasteiger partial charge on any atom is -0.504 e. The highest BCUT2D eigenvalue weighted by Gasteiger charge is 2.22. The van der Waals surface area contributed by atoms with Gasteiger partial charge in [-0.3, -0.25) is 4.79 Å². The summed E-state index contributed by atoms with van der Waals surface area (Å²) in [5.41, 5.74) is 0.398. The Hall–Kier alpha value is -1.75. The van der Waals surface area contributed by atoms with E-state index in [1.165, 1.54) is 18.2 Å². The molecule has 5 heteroatoms. The van der Waals surface area contributed by atoms with Crippen LogP contribution >= 0.6 is 0 Å². The van der Waals surface area contributed by atoms with Crippen molar-refractivity contribution in [2.45, 2.75) is 13.0 Å². The lowest BCUT2D eigenvalue weighted by molar-refractivity contribution is 0.0708. The molecule has 1 amide bonds. The molecule has 0 aromatic heterocycles. The molecule has 1 atom stereocenters.